The fraction of sp³-hybridized carbons (Fsp3) is 0.389. The number of hydrogen-bond donors (Lipinski definition) is 1. The van der Waals surface area contributed by atoms with Gasteiger partial charge in [0.1, 0.15) is 11.7 Å². The van der Waals surface area contributed by atoms with Crippen molar-refractivity contribution >= 4 is 11.9 Å². The summed E-state index contributed by atoms with van der Waals surface area (Å²) in [6.45, 7) is 0.353. The van der Waals surface area contributed by atoms with Crippen LogP contribution in [-0.4, -0.2) is 44.3 Å². The standard InChI is InChI=1S/C18H17F2N3O3/c19-11-5-2-7-13(15(11)20)23-12-6-1-4-10(12)16(21-23)17(24)22-9-3-8-14(22)18(25)26/h2,5,7,14H,1,3-4,6,8-9H2,(H,25,26)/t14-/m0/s1. The van der Waals surface area contributed by atoms with Crippen LogP contribution >= 0.6 is 0 Å². The molecule has 0 saturated carbocycles. The van der Waals surface area contributed by atoms with E-state index in [0.29, 0.717) is 43.5 Å². The fourth-order valence-corrected chi connectivity index (χ4v) is 3.87. The summed E-state index contributed by atoms with van der Waals surface area (Å²) in [5.74, 6) is -3.50. The molecule has 2 heterocycles. The number of aromatic nitrogens is 2. The molecule has 136 valence electrons. The van der Waals surface area contributed by atoms with Crippen molar-refractivity contribution in [3.05, 3.63) is 46.8 Å². The molecule has 0 spiro atoms. The number of carbonyl (C=O) groups excluding carboxylic acids is 1. The monoisotopic (exact) mass is 361 g/mol. The first-order chi connectivity index (χ1) is 12.5. The summed E-state index contributed by atoms with van der Waals surface area (Å²) in [5.41, 5.74) is 1.49. The Balaban J connectivity index is 1.78. The van der Waals surface area contributed by atoms with Crippen LogP contribution in [0.2, 0.25) is 0 Å². The minimum atomic E-state index is -1.04. The second-order valence-corrected chi connectivity index (χ2v) is 6.61. The number of carboxylic acid groups (broad SMARTS) is 1. The molecule has 1 atom stereocenters. The third-order valence-electron chi connectivity index (χ3n) is 5.09. The van der Waals surface area contributed by atoms with Crippen LogP contribution in [0.25, 0.3) is 5.69 Å². The van der Waals surface area contributed by atoms with Crippen molar-refractivity contribution < 1.29 is 23.5 Å². The van der Waals surface area contributed by atoms with Gasteiger partial charge in [-0.05, 0) is 44.2 Å². The highest BCUT2D eigenvalue weighted by Gasteiger charge is 2.38. The lowest BCUT2D eigenvalue weighted by atomic mass is 10.1. The van der Waals surface area contributed by atoms with Crippen LogP contribution in [0.4, 0.5) is 8.78 Å². The van der Waals surface area contributed by atoms with Gasteiger partial charge in [-0.25, -0.2) is 18.3 Å². The van der Waals surface area contributed by atoms with Crippen LogP contribution < -0.4 is 0 Å². The highest BCUT2D eigenvalue weighted by molar-refractivity contribution is 5.97. The van der Waals surface area contributed by atoms with Crippen LogP contribution in [0, 0.1) is 11.6 Å². The lowest BCUT2D eigenvalue weighted by Gasteiger charge is -2.20. The SMILES string of the molecule is O=C(O)[C@@H]1CCCN1C(=O)c1nn(-c2cccc(F)c2F)c2c1CCC2. The lowest BCUT2D eigenvalue weighted by Crippen LogP contribution is -2.40. The van der Waals surface area contributed by atoms with E-state index >= 15 is 0 Å². The van der Waals surface area contributed by atoms with Crippen LogP contribution in [0.1, 0.15) is 41.0 Å². The predicted octanol–water partition coefficient (Wildman–Crippen LogP) is 2.33. The number of hydrogen-bond acceptors (Lipinski definition) is 3. The van der Waals surface area contributed by atoms with Gasteiger partial charge in [-0.3, -0.25) is 4.79 Å². The molecular formula is C18H17F2N3O3. The summed E-state index contributed by atoms with van der Waals surface area (Å²) >= 11 is 0. The molecule has 26 heavy (non-hydrogen) atoms. The van der Waals surface area contributed by atoms with Gasteiger partial charge in [0.15, 0.2) is 17.3 Å². The smallest absolute Gasteiger partial charge is 0.326 e. The molecule has 2 aromatic rings. The Bertz CT molecular complexity index is 909. The predicted molar refractivity (Wildman–Crippen MR) is 87.2 cm³/mol. The molecule has 1 saturated heterocycles. The molecule has 0 radical (unpaired) electrons. The molecule has 0 bridgehead atoms. The summed E-state index contributed by atoms with van der Waals surface area (Å²) in [4.78, 5) is 25.6. The van der Waals surface area contributed by atoms with Gasteiger partial charge in [0.05, 0.1) is 0 Å². The minimum absolute atomic E-state index is 0.0431. The number of halogens is 2. The van der Waals surface area contributed by atoms with Gasteiger partial charge in [0.2, 0.25) is 0 Å². The number of carboxylic acids is 1. The Morgan fingerprint density at radius 1 is 1.19 bits per heavy atom. The number of amides is 1. The molecular weight excluding hydrogens is 344 g/mol. The number of carbonyl (C=O) groups is 2. The molecule has 1 aromatic heterocycles. The zero-order chi connectivity index (χ0) is 18.4. The van der Waals surface area contributed by atoms with Crippen molar-refractivity contribution in [1.82, 2.24) is 14.7 Å². The number of benzene rings is 1. The molecule has 1 aliphatic carbocycles. The highest BCUT2D eigenvalue weighted by Crippen LogP contribution is 2.31. The highest BCUT2D eigenvalue weighted by atomic mass is 19.2. The minimum Gasteiger partial charge on any atom is -0.480 e. The second-order valence-electron chi connectivity index (χ2n) is 6.61. The number of nitrogens with zero attached hydrogens (tertiary/aromatic N) is 3. The number of rotatable bonds is 3. The van der Waals surface area contributed by atoms with E-state index in [1.54, 1.807) is 0 Å². The van der Waals surface area contributed by atoms with E-state index in [4.69, 9.17) is 0 Å². The van der Waals surface area contributed by atoms with Gasteiger partial charge in [-0.15, -0.1) is 0 Å². The fourth-order valence-electron chi connectivity index (χ4n) is 3.87. The topological polar surface area (TPSA) is 75.4 Å². The van der Waals surface area contributed by atoms with E-state index in [2.05, 4.69) is 5.10 Å². The summed E-state index contributed by atoms with van der Waals surface area (Å²) in [6.07, 6.45) is 3.02. The van der Waals surface area contributed by atoms with Gasteiger partial charge in [0, 0.05) is 17.8 Å². The first-order valence-corrected chi connectivity index (χ1v) is 8.58. The Hall–Kier alpha value is -2.77. The Kier molecular flexibility index (Phi) is 3.97. The first-order valence-electron chi connectivity index (χ1n) is 8.58. The molecule has 1 fully saturated rings. The van der Waals surface area contributed by atoms with Crippen molar-refractivity contribution in [3.8, 4) is 5.69 Å². The molecule has 1 N–H and O–H groups in total. The van der Waals surface area contributed by atoms with Gasteiger partial charge < -0.3 is 10.0 Å². The van der Waals surface area contributed by atoms with E-state index in [1.165, 1.54) is 21.7 Å². The van der Waals surface area contributed by atoms with Gasteiger partial charge in [-0.2, -0.15) is 5.10 Å². The largest absolute Gasteiger partial charge is 0.480 e. The van der Waals surface area contributed by atoms with E-state index < -0.39 is 29.6 Å². The molecule has 1 aromatic carbocycles. The molecule has 1 aliphatic heterocycles. The third kappa shape index (κ3) is 2.48. The van der Waals surface area contributed by atoms with Gasteiger partial charge in [-0.1, -0.05) is 6.07 Å². The number of likely N-dealkylation sites (tertiary alicyclic amines) is 1. The van der Waals surface area contributed by atoms with Crippen LogP contribution in [0.5, 0.6) is 0 Å². The zero-order valence-corrected chi connectivity index (χ0v) is 13.9. The summed E-state index contributed by atoms with van der Waals surface area (Å²) < 4.78 is 29.1. The molecule has 4 rings (SSSR count). The van der Waals surface area contributed by atoms with Crippen molar-refractivity contribution in [2.45, 2.75) is 38.1 Å². The average molecular weight is 361 g/mol. The maximum atomic E-state index is 14.2. The Morgan fingerprint density at radius 2 is 2.00 bits per heavy atom. The van der Waals surface area contributed by atoms with Gasteiger partial charge in [0.25, 0.3) is 5.91 Å². The Labute approximate surface area is 148 Å². The molecule has 8 heteroatoms. The van der Waals surface area contributed by atoms with Crippen molar-refractivity contribution in [3.63, 3.8) is 0 Å². The number of aliphatic carboxylic acids is 1. The second kappa shape index (κ2) is 6.19. The van der Waals surface area contributed by atoms with Crippen molar-refractivity contribution in [2.24, 2.45) is 0 Å². The van der Waals surface area contributed by atoms with Gasteiger partial charge >= 0.3 is 5.97 Å². The average Bonchev–Trinajstić information content (AvgIpc) is 3.32. The van der Waals surface area contributed by atoms with E-state index in [1.807, 2.05) is 0 Å². The van der Waals surface area contributed by atoms with Crippen molar-refractivity contribution in [2.75, 3.05) is 6.54 Å². The van der Waals surface area contributed by atoms with Crippen LogP contribution in [0.15, 0.2) is 18.2 Å². The number of fused-ring (bicyclic) bond motifs is 1. The molecule has 6 nitrogen and oxygen atoms in total. The maximum Gasteiger partial charge on any atom is 0.326 e. The summed E-state index contributed by atoms with van der Waals surface area (Å²) in [5, 5.41) is 13.6. The normalized spacial score (nSPS) is 19.0. The quantitative estimate of drug-likeness (QED) is 0.910. The maximum absolute atomic E-state index is 14.2. The first kappa shape index (κ1) is 16.7. The van der Waals surface area contributed by atoms with E-state index in [0.717, 1.165) is 12.5 Å². The molecule has 2 aliphatic rings. The molecule has 1 amide bonds. The van der Waals surface area contributed by atoms with E-state index in [-0.39, 0.29) is 11.4 Å². The van der Waals surface area contributed by atoms with Crippen molar-refractivity contribution in [1.29, 1.82) is 0 Å². The summed E-state index contributed by atoms with van der Waals surface area (Å²) in [7, 11) is 0. The lowest BCUT2D eigenvalue weighted by molar-refractivity contribution is -0.141. The van der Waals surface area contributed by atoms with E-state index in [9.17, 15) is 23.5 Å². The van der Waals surface area contributed by atoms with Crippen LogP contribution in [0.3, 0.4) is 0 Å². The Morgan fingerprint density at radius 3 is 2.77 bits per heavy atom. The summed E-state index contributed by atoms with van der Waals surface area (Å²) in [6, 6.07) is 2.96. The third-order valence-corrected chi connectivity index (χ3v) is 5.09. The zero-order valence-electron chi connectivity index (χ0n) is 13.9. The van der Waals surface area contributed by atoms with Crippen LogP contribution in [-0.2, 0) is 17.6 Å². The molecule has 0 unspecified atom stereocenters.